The van der Waals surface area contributed by atoms with Crippen molar-refractivity contribution in [2.24, 2.45) is 0 Å². The van der Waals surface area contributed by atoms with Crippen LogP contribution >= 0.6 is 0 Å². The van der Waals surface area contributed by atoms with E-state index in [0.717, 1.165) is 17.7 Å². The highest BCUT2D eigenvalue weighted by Crippen LogP contribution is 2.21. The third kappa shape index (κ3) is 3.89. The summed E-state index contributed by atoms with van der Waals surface area (Å²) in [4.78, 5) is 10.6. The first-order valence-electron chi connectivity index (χ1n) is 6.98. The lowest BCUT2D eigenvalue weighted by atomic mass is 10.1. The van der Waals surface area contributed by atoms with Crippen molar-refractivity contribution in [3.05, 3.63) is 74.3 Å². The maximum Gasteiger partial charge on any atom is 0.272 e. The van der Waals surface area contributed by atoms with E-state index >= 15 is 0 Å². The summed E-state index contributed by atoms with van der Waals surface area (Å²) in [6.45, 7) is 7.35. The Hall–Kier alpha value is -2.20. The van der Waals surface area contributed by atoms with E-state index < -0.39 is 0 Å². The standard InChI is InChI=1S/C17H20N2O2/c1-12-7-13(2)9-15(8-12)10-18-11-16-5-4-6-17(14(16)3)19(20)21/h4-9,18H,10-11H2,1-3H3. The molecule has 21 heavy (non-hydrogen) atoms. The second-order valence-corrected chi connectivity index (χ2v) is 5.42. The van der Waals surface area contributed by atoms with Gasteiger partial charge < -0.3 is 5.32 Å². The Morgan fingerprint density at radius 3 is 2.33 bits per heavy atom. The highest BCUT2D eigenvalue weighted by Gasteiger charge is 2.12. The minimum absolute atomic E-state index is 0.181. The first-order chi connectivity index (χ1) is 9.97. The lowest BCUT2D eigenvalue weighted by Gasteiger charge is -2.09. The molecule has 0 saturated carbocycles. The summed E-state index contributed by atoms with van der Waals surface area (Å²) in [6, 6.07) is 11.7. The average Bonchev–Trinajstić information content (AvgIpc) is 2.39. The number of rotatable bonds is 5. The van der Waals surface area contributed by atoms with E-state index in [1.807, 2.05) is 6.07 Å². The molecule has 0 fully saturated rings. The van der Waals surface area contributed by atoms with Gasteiger partial charge in [-0.25, -0.2) is 0 Å². The van der Waals surface area contributed by atoms with Crippen molar-refractivity contribution in [1.82, 2.24) is 5.32 Å². The van der Waals surface area contributed by atoms with Crippen LogP contribution in [0.4, 0.5) is 5.69 Å². The number of benzene rings is 2. The molecule has 0 aliphatic rings. The van der Waals surface area contributed by atoms with E-state index in [0.29, 0.717) is 6.54 Å². The van der Waals surface area contributed by atoms with Crippen LogP contribution in [0.1, 0.15) is 27.8 Å². The Labute approximate surface area is 125 Å². The predicted octanol–water partition coefficient (Wildman–Crippen LogP) is 3.81. The number of nitrogens with zero attached hydrogens (tertiary/aromatic N) is 1. The Balaban J connectivity index is 2.04. The molecule has 4 nitrogen and oxygen atoms in total. The van der Waals surface area contributed by atoms with Crippen molar-refractivity contribution in [2.75, 3.05) is 0 Å². The van der Waals surface area contributed by atoms with Crippen LogP contribution in [-0.2, 0) is 13.1 Å². The summed E-state index contributed by atoms with van der Waals surface area (Å²) in [5.74, 6) is 0. The van der Waals surface area contributed by atoms with E-state index in [-0.39, 0.29) is 10.6 Å². The minimum Gasteiger partial charge on any atom is -0.309 e. The van der Waals surface area contributed by atoms with E-state index in [2.05, 4.69) is 37.4 Å². The first-order valence-corrected chi connectivity index (χ1v) is 6.98. The van der Waals surface area contributed by atoms with Gasteiger partial charge in [-0.2, -0.15) is 0 Å². The molecule has 0 unspecified atom stereocenters. The zero-order valence-electron chi connectivity index (χ0n) is 12.6. The lowest BCUT2D eigenvalue weighted by molar-refractivity contribution is -0.385. The molecule has 2 aromatic carbocycles. The van der Waals surface area contributed by atoms with Crippen molar-refractivity contribution in [3.63, 3.8) is 0 Å². The fourth-order valence-corrected chi connectivity index (χ4v) is 2.57. The third-order valence-electron chi connectivity index (χ3n) is 3.54. The highest BCUT2D eigenvalue weighted by molar-refractivity contribution is 5.44. The van der Waals surface area contributed by atoms with Gasteiger partial charge in [0.2, 0.25) is 0 Å². The van der Waals surface area contributed by atoms with Crippen LogP contribution in [0.25, 0.3) is 0 Å². The van der Waals surface area contributed by atoms with Gasteiger partial charge in [0, 0.05) is 24.7 Å². The van der Waals surface area contributed by atoms with Crippen LogP contribution in [0, 0.1) is 30.9 Å². The number of hydrogen-bond donors (Lipinski definition) is 1. The fraction of sp³-hybridized carbons (Fsp3) is 0.294. The molecule has 110 valence electrons. The van der Waals surface area contributed by atoms with Crippen LogP contribution in [0.5, 0.6) is 0 Å². The summed E-state index contributed by atoms with van der Waals surface area (Å²) in [7, 11) is 0. The zero-order valence-corrected chi connectivity index (χ0v) is 12.6. The van der Waals surface area contributed by atoms with Gasteiger partial charge >= 0.3 is 0 Å². The second kappa shape index (κ2) is 6.50. The molecule has 0 aliphatic heterocycles. The van der Waals surface area contributed by atoms with Crippen molar-refractivity contribution in [1.29, 1.82) is 0 Å². The third-order valence-corrected chi connectivity index (χ3v) is 3.54. The van der Waals surface area contributed by atoms with E-state index in [1.54, 1.807) is 19.1 Å². The molecule has 1 N–H and O–H groups in total. The summed E-state index contributed by atoms with van der Waals surface area (Å²) in [5, 5.41) is 14.3. The van der Waals surface area contributed by atoms with Crippen LogP contribution in [0.15, 0.2) is 36.4 Å². The molecular formula is C17H20N2O2. The molecule has 0 heterocycles. The Morgan fingerprint density at radius 2 is 1.71 bits per heavy atom. The monoisotopic (exact) mass is 284 g/mol. The van der Waals surface area contributed by atoms with Crippen molar-refractivity contribution >= 4 is 5.69 Å². The molecule has 0 atom stereocenters. The van der Waals surface area contributed by atoms with Crippen molar-refractivity contribution in [2.45, 2.75) is 33.9 Å². The second-order valence-electron chi connectivity index (χ2n) is 5.42. The Kier molecular flexibility index (Phi) is 4.70. The number of hydrogen-bond acceptors (Lipinski definition) is 3. The first kappa shape index (κ1) is 15.2. The van der Waals surface area contributed by atoms with Gasteiger partial charge in [0.1, 0.15) is 0 Å². The van der Waals surface area contributed by atoms with E-state index in [1.165, 1.54) is 16.7 Å². The predicted molar refractivity (Wildman–Crippen MR) is 84.3 cm³/mol. The quantitative estimate of drug-likeness (QED) is 0.671. The molecular weight excluding hydrogens is 264 g/mol. The van der Waals surface area contributed by atoms with Gasteiger partial charge in [-0.1, -0.05) is 41.5 Å². The largest absolute Gasteiger partial charge is 0.309 e. The zero-order chi connectivity index (χ0) is 15.4. The van der Waals surface area contributed by atoms with Crippen LogP contribution < -0.4 is 5.32 Å². The molecule has 2 rings (SSSR count). The Morgan fingerprint density at radius 1 is 1.05 bits per heavy atom. The molecule has 0 radical (unpaired) electrons. The molecule has 0 spiro atoms. The molecule has 2 aromatic rings. The van der Waals surface area contributed by atoms with Crippen molar-refractivity contribution in [3.8, 4) is 0 Å². The number of nitro benzene ring substituents is 1. The average molecular weight is 284 g/mol. The summed E-state index contributed by atoms with van der Waals surface area (Å²) in [5.41, 5.74) is 5.61. The highest BCUT2D eigenvalue weighted by atomic mass is 16.6. The number of nitrogens with one attached hydrogen (secondary N) is 1. The molecule has 4 heteroatoms. The minimum atomic E-state index is -0.331. The summed E-state index contributed by atoms with van der Waals surface area (Å²) < 4.78 is 0. The molecule has 0 bridgehead atoms. The van der Waals surface area contributed by atoms with Gasteiger partial charge in [0.25, 0.3) is 5.69 Å². The van der Waals surface area contributed by atoms with E-state index in [4.69, 9.17) is 0 Å². The molecule has 0 saturated heterocycles. The van der Waals surface area contributed by atoms with Crippen molar-refractivity contribution < 1.29 is 4.92 Å². The SMILES string of the molecule is Cc1cc(C)cc(CNCc2cccc([N+](=O)[O-])c2C)c1. The maximum absolute atomic E-state index is 10.9. The van der Waals surface area contributed by atoms with Gasteiger partial charge in [-0.05, 0) is 31.9 Å². The topological polar surface area (TPSA) is 55.2 Å². The maximum atomic E-state index is 10.9. The lowest BCUT2D eigenvalue weighted by Crippen LogP contribution is -2.14. The smallest absolute Gasteiger partial charge is 0.272 e. The molecule has 0 aliphatic carbocycles. The van der Waals surface area contributed by atoms with Gasteiger partial charge in [-0.15, -0.1) is 0 Å². The van der Waals surface area contributed by atoms with E-state index in [9.17, 15) is 10.1 Å². The number of aryl methyl sites for hydroxylation is 2. The summed E-state index contributed by atoms with van der Waals surface area (Å²) >= 11 is 0. The van der Waals surface area contributed by atoms with Crippen LogP contribution in [0.2, 0.25) is 0 Å². The molecule has 0 amide bonds. The fourth-order valence-electron chi connectivity index (χ4n) is 2.57. The van der Waals surface area contributed by atoms with Gasteiger partial charge in [0.15, 0.2) is 0 Å². The van der Waals surface area contributed by atoms with Gasteiger partial charge in [0.05, 0.1) is 4.92 Å². The normalized spacial score (nSPS) is 10.6. The van der Waals surface area contributed by atoms with Gasteiger partial charge in [-0.3, -0.25) is 10.1 Å². The molecule has 0 aromatic heterocycles. The summed E-state index contributed by atoms with van der Waals surface area (Å²) in [6.07, 6.45) is 0. The van der Waals surface area contributed by atoms with Crippen LogP contribution in [0.3, 0.4) is 0 Å². The van der Waals surface area contributed by atoms with Crippen LogP contribution in [-0.4, -0.2) is 4.92 Å². The Bertz CT molecular complexity index is 646. The number of nitro groups is 1.